The predicted octanol–water partition coefficient (Wildman–Crippen LogP) is 3.24. The van der Waals surface area contributed by atoms with E-state index in [9.17, 15) is 4.79 Å². The molecule has 82 valence electrons. The van der Waals surface area contributed by atoms with Crippen LogP contribution in [0.2, 0.25) is 0 Å². The van der Waals surface area contributed by atoms with Crippen LogP contribution in [0.15, 0.2) is 29.8 Å². The molecule has 0 saturated carbocycles. The highest BCUT2D eigenvalue weighted by Gasteiger charge is 2.09. The van der Waals surface area contributed by atoms with Crippen molar-refractivity contribution in [3.8, 4) is 10.9 Å². The van der Waals surface area contributed by atoms with Crippen LogP contribution in [0, 0.1) is 3.57 Å². The highest BCUT2D eigenvalue weighted by molar-refractivity contribution is 14.1. The van der Waals surface area contributed by atoms with Gasteiger partial charge in [0.05, 0.1) is 9.13 Å². The third kappa shape index (κ3) is 2.50. The van der Waals surface area contributed by atoms with Gasteiger partial charge in [-0.15, -0.1) is 0 Å². The van der Waals surface area contributed by atoms with Crippen molar-refractivity contribution in [3.05, 3.63) is 38.9 Å². The number of hydrogen-bond acceptors (Lipinski definition) is 4. The van der Waals surface area contributed by atoms with Crippen molar-refractivity contribution < 1.29 is 14.6 Å². The second-order valence-electron chi connectivity index (χ2n) is 2.85. The maximum Gasteiger partial charge on any atom is 0.335 e. The topological polar surface area (TPSA) is 59.4 Å². The van der Waals surface area contributed by atoms with E-state index in [0.29, 0.717) is 10.9 Å². The van der Waals surface area contributed by atoms with Crippen molar-refractivity contribution in [1.29, 1.82) is 0 Å². The number of nitrogens with zero attached hydrogens (tertiary/aromatic N) is 1. The van der Waals surface area contributed by atoms with E-state index in [4.69, 9.17) is 9.84 Å². The average molecular weight is 347 g/mol. The molecule has 0 aliphatic heterocycles. The van der Waals surface area contributed by atoms with Crippen molar-refractivity contribution in [3.63, 3.8) is 0 Å². The number of rotatable bonds is 3. The standard InChI is InChI=1S/C10H6INO3S/c11-7-2-1-6(9(13)14)5-8(7)15-10-12-3-4-16-10/h1-5H,(H,13,14). The first-order valence-electron chi connectivity index (χ1n) is 4.27. The van der Waals surface area contributed by atoms with E-state index in [2.05, 4.69) is 27.6 Å². The average Bonchev–Trinajstić information content (AvgIpc) is 2.73. The van der Waals surface area contributed by atoms with Crippen LogP contribution >= 0.6 is 33.9 Å². The molecule has 0 fully saturated rings. The first-order chi connectivity index (χ1) is 7.66. The van der Waals surface area contributed by atoms with E-state index in [0.717, 1.165) is 3.57 Å². The number of benzene rings is 1. The molecule has 6 heteroatoms. The molecule has 0 bridgehead atoms. The third-order valence-electron chi connectivity index (χ3n) is 1.79. The van der Waals surface area contributed by atoms with Crippen LogP contribution < -0.4 is 4.74 Å². The summed E-state index contributed by atoms with van der Waals surface area (Å²) in [5.41, 5.74) is 0.201. The summed E-state index contributed by atoms with van der Waals surface area (Å²) >= 11 is 3.44. The molecule has 2 rings (SSSR count). The van der Waals surface area contributed by atoms with Gasteiger partial charge in [-0.1, -0.05) is 11.3 Å². The van der Waals surface area contributed by atoms with Gasteiger partial charge in [0.1, 0.15) is 5.75 Å². The zero-order valence-electron chi connectivity index (χ0n) is 7.88. The molecule has 1 aromatic heterocycles. The van der Waals surface area contributed by atoms with Crippen molar-refractivity contribution in [1.82, 2.24) is 4.98 Å². The molecule has 0 saturated heterocycles. The van der Waals surface area contributed by atoms with Crippen LogP contribution in [0.3, 0.4) is 0 Å². The SMILES string of the molecule is O=C(O)c1ccc(I)c(Oc2nccs2)c1. The number of aromatic carboxylic acids is 1. The number of carbonyl (C=O) groups is 1. The number of thiazole rings is 1. The van der Waals surface area contributed by atoms with E-state index in [1.54, 1.807) is 23.7 Å². The Kier molecular flexibility index (Phi) is 3.39. The highest BCUT2D eigenvalue weighted by Crippen LogP contribution is 2.28. The second kappa shape index (κ2) is 4.79. The zero-order chi connectivity index (χ0) is 11.5. The molecule has 0 unspecified atom stereocenters. The molecule has 0 radical (unpaired) electrons. The van der Waals surface area contributed by atoms with Gasteiger partial charge in [-0.05, 0) is 40.8 Å². The van der Waals surface area contributed by atoms with Crippen LogP contribution in [0.4, 0.5) is 0 Å². The summed E-state index contributed by atoms with van der Waals surface area (Å²) in [7, 11) is 0. The van der Waals surface area contributed by atoms with Gasteiger partial charge in [0, 0.05) is 11.6 Å². The third-order valence-corrected chi connectivity index (χ3v) is 3.32. The van der Waals surface area contributed by atoms with Gasteiger partial charge < -0.3 is 9.84 Å². The van der Waals surface area contributed by atoms with E-state index in [1.165, 1.54) is 17.4 Å². The van der Waals surface area contributed by atoms with Crippen LogP contribution in [0.25, 0.3) is 0 Å². The van der Waals surface area contributed by atoms with Gasteiger partial charge in [0.15, 0.2) is 0 Å². The minimum absolute atomic E-state index is 0.201. The largest absolute Gasteiger partial charge is 0.478 e. The predicted molar refractivity (Wildman–Crippen MR) is 68.3 cm³/mol. The Morgan fingerprint density at radius 3 is 2.94 bits per heavy atom. The molecule has 1 N–H and O–H groups in total. The number of ether oxygens (including phenoxy) is 1. The minimum atomic E-state index is -0.972. The summed E-state index contributed by atoms with van der Waals surface area (Å²) in [5, 5.41) is 11.2. The summed E-state index contributed by atoms with van der Waals surface area (Å²) in [5.74, 6) is -0.462. The van der Waals surface area contributed by atoms with Crippen molar-refractivity contribution in [2.75, 3.05) is 0 Å². The summed E-state index contributed by atoms with van der Waals surface area (Å²) in [6.45, 7) is 0. The Bertz CT molecular complexity index is 513. The fraction of sp³-hybridized carbons (Fsp3) is 0. The summed E-state index contributed by atoms with van der Waals surface area (Å²) < 4.78 is 6.32. The molecular formula is C10H6INO3S. The Morgan fingerprint density at radius 1 is 1.50 bits per heavy atom. The lowest BCUT2D eigenvalue weighted by Gasteiger charge is -2.05. The van der Waals surface area contributed by atoms with E-state index in [1.807, 2.05) is 0 Å². The van der Waals surface area contributed by atoms with Gasteiger partial charge >= 0.3 is 5.97 Å². The molecular weight excluding hydrogens is 341 g/mol. The molecule has 0 aliphatic rings. The molecule has 0 atom stereocenters. The monoisotopic (exact) mass is 347 g/mol. The van der Waals surface area contributed by atoms with Gasteiger partial charge in [-0.25, -0.2) is 9.78 Å². The Balaban J connectivity index is 2.32. The van der Waals surface area contributed by atoms with Gasteiger partial charge in [-0.3, -0.25) is 0 Å². The van der Waals surface area contributed by atoms with Gasteiger partial charge in [-0.2, -0.15) is 0 Å². The zero-order valence-corrected chi connectivity index (χ0v) is 10.9. The molecule has 0 aliphatic carbocycles. The lowest BCUT2D eigenvalue weighted by atomic mass is 10.2. The molecule has 0 amide bonds. The summed E-state index contributed by atoms with van der Waals surface area (Å²) in [6, 6.07) is 4.73. The smallest absolute Gasteiger partial charge is 0.335 e. The van der Waals surface area contributed by atoms with Gasteiger partial charge in [0.25, 0.3) is 5.19 Å². The maximum absolute atomic E-state index is 10.8. The van der Waals surface area contributed by atoms with Crippen molar-refractivity contribution in [2.45, 2.75) is 0 Å². The first kappa shape index (κ1) is 11.3. The molecule has 16 heavy (non-hydrogen) atoms. The number of hydrogen-bond donors (Lipinski definition) is 1. The fourth-order valence-corrected chi connectivity index (χ4v) is 2.01. The molecule has 0 spiro atoms. The normalized spacial score (nSPS) is 10.1. The lowest BCUT2D eigenvalue weighted by molar-refractivity contribution is 0.0696. The molecule has 2 aromatic rings. The lowest BCUT2D eigenvalue weighted by Crippen LogP contribution is -1.97. The number of halogens is 1. The Hall–Kier alpha value is -1.15. The van der Waals surface area contributed by atoms with Crippen LogP contribution in [-0.2, 0) is 0 Å². The van der Waals surface area contributed by atoms with Crippen LogP contribution in [0.5, 0.6) is 10.9 Å². The summed E-state index contributed by atoms with van der Waals surface area (Å²) in [6.07, 6.45) is 1.63. The highest BCUT2D eigenvalue weighted by atomic mass is 127. The van der Waals surface area contributed by atoms with Crippen molar-refractivity contribution in [2.24, 2.45) is 0 Å². The number of aromatic nitrogens is 1. The van der Waals surface area contributed by atoms with E-state index >= 15 is 0 Å². The first-order valence-corrected chi connectivity index (χ1v) is 6.23. The second-order valence-corrected chi connectivity index (χ2v) is 4.87. The fourth-order valence-electron chi connectivity index (χ4n) is 1.07. The molecule has 1 heterocycles. The van der Waals surface area contributed by atoms with Crippen molar-refractivity contribution >= 4 is 39.9 Å². The quantitative estimate of drug-likeness (QED) is 0.866. The number of carboxylic acids is 1. The van der Waals surface area contributed by atoms with E-state index in [-0.39, 0.29) is 5.56 Å². The minimum Gasteiger partial charge on any atom is -0.478 e. The van der Waals surface area contributed by atoms with Gasteiger partial charge in [0.2, 0.25) is 0 Å². The van der Waals surface area contributed by atoms with E-state index < -0.39 is 5.97 Å². The number of carboxylic acid groups (broad SMARTS) is 1. The van der Waals surface area contributed by atoms with Crippen LogP contribution in [0.1, 0.15) is 10.4 Å². The van der Waals surface area contributed by atoms with Crippen LogP contribution in [-0.4, -0.2) is 16.1 Å². The molecule has 4 nitrogen and oxygen atoms in total. The molecule has 1 aromatic carbocycles. The maximum atomic E-state index is 10.8. The Morgan fingerprint density at radius 2 is 2.31 bits per heavy atom. The summed E-state index contributed by atoms with van der Waals surface area (Å²) in [4.78, 5) is 14.8. The Labute approximate surface area is 109 Å².